The molecule has 0 aromatic carbocycles. The first-order chi connectivity index (χ1) is 9.51. The number of amides is 1. The first-order valence-corrected chi connectivity index (χ1v) is 7.06. The maximum atomic E-state index is 12.0. The molecule has 1 aromatic rings. The predicted molar refractivity (Wildman–Crippen MR) is 84.9 cm³/mol. The average Bonchev–Trinajstić information content (AvgIpc) is 2.72. The van der Waals surface area contributed by atoms with Gasteiger partial charge >= 0.3 is 0 Å². The van der Waals surface area contributed by atoms with Gasteiger partial charge in [-0.05, 0) is 14.1 Å². The van der Waals surface area contributed by atoms with Crippen molar-refractivity contribution in [2.24, 2.45) is 0 Å². The normalized spacial score (nSPS) is 10.4. The number of hydrogen-bond acceptors (Lipinski definition) is 6. The van der Waals surface area contributed by atoms with Gasteiger partial charge in [-0.15, -0.1) is 17.9 Å². The number of hydrogen-bond donors (Lipinski definition) is 3. The lowest BCUT2D eigenvalue weighted by molar-refractivity contribution is 0.0962. The van der Waals surface area contributed by atoms with E-state index in [2.05, 4.69) is 22.1 Å². The summed E-state index contributed by atoms with van der Waals surface area (Å²) in [4.78, 5) is 14.5. The SMILES string of the molecule is C=CCNC(=O)c1sc(NCCN(C)C)c(OC)c1N. The van der Waals surface area contributed by atoms with Gasteiger partial charge in [-0.25, -0.2) is 0 Å². The van der Waals surface area contributed by atoms with E-state index < -0.39 is 0 Å². The Morgan fingerprint density at radius 2 is 2.25 bits per heavy atom. The lowest BCUT2D eigenvalue weighted by atomic mass is 10.3. The highest BCUT2D eigenvalue weighted by Gasteiger charge is 2.21. The second-order valence-electron chi connectivity index (χ2n) is 4.44. The highest BCUT2D eigenvalue weighted by Crippen LogP contribution is 2.42. The monoisotopic (exact) mass is 298 g/mol. The molecule has 4 N–H and O–H groups in total. The zero-order valence-corrected chi connectivity index (χ0v) is 13.0. The van der Waals surface area contributed by atoms with E-state index in [-0.39, 0.29) is 5.91 Å². The number of rotatable bonds is 8. The van der Waals surface area contributed by atoms with E-state index >= 15 is 0 Å². The Bertz CT molecular complexity index is 471. The van der Waals surface area contributed by atoms with Gasteiger partial charge in [0.25, 0.3) is 5.91 Å². The molecule has 0 aliphatic heterocycles. The largest absolute Gasteiger partial charge is 0.492 e. The van der Waals surface area contributed by atoms with E-state index in [0.29, 0.717) is 22.9 Å². The van der Waals surface area contributed by atoms with Crippen LogP contribution in [0.1, 0.15) is 9.67 Å². The molecule has 0 unspecified atom stereocenters. The summed E-state index contributed by atoms with van der Waals surface area (Å²) in [5.41, 5.74) is 6.33. The number of likely N-dealkylation sites (N-methyl/N-ethyl adjacent to an activating group) is 1. The van der Waals surface area contributed by atoms with Crippen LogP contribution in [-0.4, -0.2) is 51.6 Å². The molecular formula is C13H22N4O2S. The molecule has 112 valence electrons. The topological polar surface area (TPSA) is 79.6 Å². The Morgan fingerprint density at radius 3 is 2.80 bits per heavy atom. The van der Waals surface area contributed by atoms with Gasteiger partial charge in [-0.2, -0.15) is 0 Å². The highest BCUT2D eigenvalue weighted by atomic mass is 32.1. The second kappa shape index (κ2) is 7.76. The van der Waals surface area contributed by atoms with Crippen LogP contribution in [0.15, 0.2) is 12.7 Å². The predicted octanol–water partition coefficient (Wildman–Crippen LogP) is 1.23. The zero-order valence-electron chi connectivity index (χ0n) is 12.2. The van der Waals surface area contributed by atoms with Gasteiger partial charge in [-0.1, -0.05) is 6.08 Å². The molecule has 1 heterocycles. The molecule has 0 spiro atoms. The molecule has 20 heavy (non-hydrogen) atoms. The molecule has 7 heteroatoms. The third kappa shape index (κ3) is 4.14. The number of nitrogens with one attached hydrogen (secondary N) is 2. The fourth-order valence-corrected chi connectivity index (χ4v) is 2.59. The summed E-state index contributed by atoms with van der Waals surface area (Å²) in [6.07, 6.45) is 1.62. The molecule has 6 nitrogen and oxygen atoms in total. The summed E-state index contributed by atoms with van der Waals surface area (Å²) in [6.45, 7) is 5.59. The van der Waals surface area contributed by atoms with Crippen molar-refractivity contribution in [2.75, 3.05) is 51.9 Å². The van der Waals surface area contributed by atoms with Crippen molar-refractivity contribution in [1.29, 1.82) is 0 Å². The van der Waals surface area contributed by atoms with Crippen LogP contribution in [0.3, 0.4) is 0 Å². The van der Waals surface area contributed by atoms with E-state index in [4.69, 9.17) is 10.5 Å². The van der Waals surface area contributed by atoms with Gasteiger partial charge in [0.15, 0.2) is 5.75 Å². The highest BCUT2D eigenvalue weighted by molar-refractivity contribution is 7.19. The van der Waals surface area contributed by atoms with Gasteiger partial charge in [-0.3, -0.25) is 4.79 Å². The van der Waals surface area contributed by atoms with E-state index in [1.54, 1.807) is 13.2 Å². The van der Waals surface area contributed by atoms with Crippen molar-refractivity contribution in [2.45, 2.75) is 0 Å². The summed E-state index contributed by atoms with van der Waals surface area (Å²) < 4.78 is 5.28. The summed E-state index contributed by atoms with van der Waals surface area (Å²) >= 11 is 1.29. The maximum Gasteiger partial charge on any atom is 0.263 e. The first kappa shape index (κ1) is 16.3. The van der Waals surface area contributed by atoms with Crippen LogP contribution in [0, 0.1) is 0 Å². The Hall–Kier alpha value is -1.73. The minimum Gasteiger partial charge on any atom is -0.492 e. The number of carbonyl (C=O) groups is 1. The Morgan fingerprint density at radius 1 is 1.55 bits per heavy atom. The quantitative estimate of drug-likeness (QED) is 0.629. The molecule has 0 fully saturated rings. The molecule has 0 radical (unpaired) electrons. The number of nitrogen functional groups attached to an aromatic ring is 1. The lowest BCUT2D eigenvalue weighted by Crippen LogP contribution is -2.23. The van der Waals surface area contributed by atoms with E-state index in [0.717, 1.165) is 18.1 Å². The van der Waals surface area contributed by atoms with Gasteiger partial charge in [0.2, 0.25) is 0 Å². The molecule has 1 amide bonds. The van der Waals surface area contributed by atoms with Crippen molar-refractivity contribution in [3.63, 3.8) is 0 Å². The van der Waals surface area contributed by atoms with Crippen LogP contribution in [0.25, 0.3) is 0 Å². The van der Waals surface area contributed by atoms with E-state index in [1.807, 2.05) is 14.1 Å². The zero-order chi connectivity index (χ0) is 15.1. The molecule has 0 saturated carbocycles. The van der Waals surface area contributed by atoms with Crippen molar-refractivity contribution < 1.29 is 9.53 Å². The van der Waals surface area contributed by atoms with Gasteiger partial charge in [0.05, 0.1) is 7.11 Å². The molecule has 0 aliphatic carbocycles. The van der Waals surface area contributed by atoms with Crippen molar-refractivity contribution in [1.82, 2.24) is 10.2 Å². The lowest BCUT2D eigenvalue weighted by Gasteiger charge is -2.11. The van der Waals surface area contributed by atoms with Crippen LogP contribution < -0.4 is 21.1 Å². The van der Waals surface area contributed by atoms with Crippen molar-refractivity contribution in [3.8, 4) is 5.75 Å². The molecule has 0 atom stereocenters. The fraction of sp³-hybridized carbons (Fsp3) is 0.462. The number of nitrogens with zero attached hydrogens (tertiary/aromatic N) is 1. The number of carbonyl (C=O) groups excluding carboxylic acids is 1. The number of methoxy groups -OCH3 is 1. The third-order valence-corrected chi connectivity index (χ3v) is 3.70. The minimum absolute atomic E-state index is 0.216. The van der Waals surface area contributed by atoms with E-state index in [1.165, 1.54) is 11.3 Å². The van der Waals surface area contributed by atoms with E-state index in [9.17, 15) is 4.79 Å². The molecule has 1 rings (SSSR count). The van der Waals surface area contributed by atoms with Crippen LogP contribution in [0.2, 0.25) is 0 Å². The molecule has 1 aromatic heterocycles. The third-order valence-electron chi connectivity index (χ3n) is 2.56. The second-order valence-corrected chi connectivity index (χ2v) is 5.46. The van der Waals surface area contributed by atoms with Crippen LogP contribution >= 0.6 is 11.3 Å². The van der Waals surface area contributed by atoms with Crippen LogP contribution in [-0.2, 0) is 0 Å². The Labute approximate surface area is 123 Å². The molecular weight excluding hydrogens is 276 g/mol. The fourth-order valence-electron chi connectivity index (χ4n) is 1.55. The number of ether oxygens (including phenoxy) is 1. The Kier molecular flexibility index (Phi) is 6.33. The minimum atomic E-state index is -0.216. The van der Waals surface area contributed by atoms with Gasteiger partial charge < -0.3 is 26.0 Å². The van der Waals surface area contributed by atoms with Crippen LogP contribution in [0.5, 0.6) is 5.75 Å². The maximum absolute atomic E-state index is 12.0. The molecule has 0 aliphatic rings. The summed E-state index contributed by atoms with van der Waals surface area (Å²) in [6, 6.07) is 0. The first-order valence-electron chi connectivity index (χ1n) is 6.25. The van der Waals surface area contributed by atoms with Crippen LogP contribution in [0.4, 0.5) is 10.7 Å². The summed E-state index contributed by atoms with van der Waals surface area (Å²) in [7, 11) is 5.53. The average molecular weight is 298 g/mol. The number of thiophene rings is 1. The summed E-state index contributed by atoms with van der Waals surface area (Å²) in [5.74, 6) is 0.309. The number of anilines is 2. The van der Waals surface area contributed by atoms with Crippen molar-refractivity contribution in [3.05, 3.63) is 17.5 Å². The van der Waals surface area contributed by atoms with Gasteiger partial charge in [0.1, 0.15) is 15.6 Å². The van der Waals surface area contributed by atoms with Crippen molar-refractivity contribution >= 4 is 27.9 Å². The molecule has 0 saturated heterocycles. The molecule has 0 bridgehead atoms. The standard InChI is InChI=1S/C13H22N4O2S/c1-5-6-15-12(18)11-9(14)10(19-4)13(20-11)16-7-8-17(2)3/h5,16H,1,6-8,14H2,2-4H3,(H,15,18). The number of nitrogens with two attached hydrogens (primary N) is 1. The summed E-state index contributed by atoms with van der Waals surface area (Å²) in [5, 5.41) is 6.72. The Balaban J connectivity index is 2.84. The smallest absolute Gasteiger partial charge is 0.263 e. The van der Waals surface area contributed by atoms with Gasteiger partial charge in [0, 0.05) is 19.6 Å².